The van der Waals surface area contributed by atoms with Crippen molar-refractivity contribution in [3.05, 3.63) is 100 Å². The molecule has 2 aliphatic rings. The lowest BCUT2D eigenvalue weighted by molar-refractivity contribution is -0.00629. The molecule has 0 aromatic heterocycles. The van der Waals surface area contributed by atoms with Gasteiger partial charge < -0.3 is 4.74 Å². The van der Waals surface area contributed by atoms with Crippen LogP contribution in [0.3, 0.4) is 0 Å². The molecule has 1 unspecified atom stereocenters. The van der Waals surface area contributed by atoms with Crippen LogP contribution in [-0.2, 0) is 6.42 Å². The number of likely N-dealkylation sites (tertiary alicyclic amines) is 1. The number of nitrogens with zero attached hydrogens (tertiary/aromatic N) is 1. The predicted molar refractivity (Wildman–Crippen MR) is 157 cm³/mol. The van der Waals surface area contributed by atoms with Gasteiger partial charge in [-0.25, -0.2) is 0 Å². The van der Waals surface area contributed by atoms with Crippen molar-refractivity contribution in [2.24, 2.45) is 0 Å². The molecule has 0 saturated carbocycles. The average Bonchev–Trinajstić information content (AvgIpc) is 3.31. The first-order chi connectivity index (χ1) is 19.1. The molecule has 3 aromatic rings. The van der Waals surface area contributed by atoms with Crippen molar-refractivity contribution in [2.75, 3.05) is 26.3 Å². The summed E-state index contributed by atoms with van der Waals surface area (Å²) in [5.74, 6) is 1.08. The van der Waals surface area contributed by atoms with E-state index in [1.807, 2.05) is 29.7 Å². The molecule has 3 aromatic carbocycles. The van der Waals surface area contributed by atoms with Crippen molar-refractivity contribution in [1.82, 2.24) is 4.90 Å². The molecule has 1 atom stereocenters. The minimum atomic E-state index is -0.274. The Bertz CT molecular complexity index is 1340. The van der Waals surface area contributed by atoms with Crippen LogP contribution in [0.5, 0.6) is 11.5 Å². The molecule has 204 valence electrons. The van der Waals surface area contributed by atoms with Crippen LogP contribution in [0, 0.1) is 6.92 Å². The highest BCUT2D eigenvalue weighted by atomic mass is 32.2. The third kappa shape index (κ3) is 6.39. The number of fused-ring (bicyclic) bond motifs is 1. The third-order valence-electron chi connectivity index (χ3n) is 7.63. The summed E-state index contributed by atoms with van der Waals surface area (Å²) in [6, 6.07) is 20.5. The number of rotatable bonds is 10. The van der Waals surface area contributed by atoms with Gasteiger partial charge in [-0.15, -0.1) is 0 Å². The average molecular weight is 548 g/mol. The van der Waals surface area contributed by atoms with Crippen LogP contribution in [0.4, 0.5) is 8.92 Å². The van der Waals surface area contributed by atoms with E-state index < -0.39 is 0 Å². The molecule has 1 heterocycles. The maximum absolute atomic E-state index is 13.0. The molecule has 0 bridgehead atoms. The van der Waals surface area contributed by atoms with Gasteiger partial charge in [-0.05, 0) is 114 Å². The Morgan fingerprint density at radius 2 is 1.82 bits per heavy atom. The van der Waals surface area contributed by atoms with Crippen LogP contribution in [0.25, 0.3) is 11.1 Å². The van der Waals surface area contributed by atoms with Crippen LogP contribution < -0.4 is 9.68 Å². The van der Waals surface area contributed by atoms with E-state index in [9.17, 15) is 8.92 Å². The first-order valence-electron chi connectivity index (χ1n) is 13.7. The number of ether oxygens (including phenoxy) is 1. The van der Waals surface area contributed by atoms with Crippen LogP contribution in [0.2, 0.25) is 0 Å². The minimum Gasteiger partial charge on any atom is -0.489 e. The van der Waals surface area contributed by atoms with Gasteiger partial charge in [-0.1, -0.05) is 48.7 Å². The highest BCUT2D eigenvalue weighted by molar-refractivity contribution is 8.02. The Hall–Kier alpha value is -3.09. The summed E-state index contributed by atoms with van der Waals surface area (Å²) in [4.78, 5) is 7.54. The Morgan fingerprint density at radius 1 is 1.03 bits per heavy atom. The van der Waals surface area contributed by atoms with Gasteiger partial charge in [0.2, 0.25) is 0 Å². The molecular weight excluding hydrogens is 512 g/mol. The van der Waals surface area contributed by atoms with Gasteiger partial charge in [0, 0.05) is 29.1 Å². The summed E-state index contributed by atoms with van der Waals surface area (Å²) < 4.78 is 31.9. The fourth-order valence-corrected chi connectivity index (χ4v) is 6.33. The number of hydrogen-bond acceptors (Lipinski definition) is 4. The van der Waals surface area contributed by atoms with E-state index in [0.717, 1.165) is 67.8 Å². The van der Waals surface area contributed by atoms with Crippen molar-refractivity contribution in [2.45, 2.75) is 50.0 Å². The van der Waals surface area contributed by atoms with Gasteiger partial charge >= 0.3 is 0 Å². The first-order valence-corrected chi connectivity index (χ1v) is 14.6. The topological polar surface area (TPSA) is 21.7 Å². The summed E-state index contributed by atoms with van der Waals surface area (Å²) in [5.41, 5.74) is 8.18. The number of aryl methyl sites for hydroxylation is 2. The van der Waals surface area contributed by atoms with E-state index in [4.69, 9.17) is 4.74 Å². The van der Waals surface area contributed by atoms with Gasteiger partial charge in [-0.2, -0.15) is 0 Å². The Morgan fingerprint density at radius 3 is 2.56 bits per heavy atom. The molecule has 0 amide bonds. The fourth-order valence-electron chi connectivity index (χ4n) is 5.76. The second kappa shape index (κ2) is 12.8. The third-order valence-corrected chi connectivity index (χ3v) is 8.51. The van der Waals surface area contributed by atoms with E-state index in [1.165, 1.54) is 27.2 Å². The highest BCUT2D eigenvalue weighted by Crippen LogP contribution is 2.42. The molecule has 1 fully saturated rings. The molecule has 3 nitrogen and oxygen atoms in total. The zero-order valence-corrected chi connectivity index (χ0v) is 23.2. The Kier molecular flexibility index (Phi) is 9.05. The van der Waals surface area contributed by atoms with Crippen LogP contribution in [-0.4, -0.2) is 37.3 Å². The summed E-state index contributed by atoms with van der Waals surface area (Å²) in [5, 5.41) is 1.86. The maximum atomic E-state index is 13.0. The predicted octanol–water partition coefficient (Wildman–Crippen LogP) is 8.60. The molecule has 0 spiro atoms. The number of alkyl halides is 1. The second-order valence-corrected chi connectivity index (χ2v) is 11.3. The van der Waals surface area contributed by atoms with Crippen molar-refractivity contribution in [3.8, 4) is 11.5 Å². The summed E-state index contributed by atoms with van der Waals surface area (Å²) in [6.07, 6.45) is 4.39. The van der Waals surface area contributed by atoms with Crippen LogP contribution in [0.1, 0.15) is 53.5 Å². The Labute approximate surface area is 234 Å². The number of halogens is 2. The van der Waals surface area contributed by atoms with Crippen LogP contribution in [0.15, 0.2) is 77.5 Å². The lowest BCUT2D eigenvalue weighted by Gasteiger charge is -2.19. The monoisotopic (exact) mass is 547 g/mol. The molecule has 1 saturated heterocycles. The summed E-state index contributed by atoms with van der Waals surface area (Å²) in [6.45, 7) is 8.29. The molecular formula is C33H35F2NO2S. The van der Waals surface area contributed by atoms with E-state index in [0.29, 0.717) is 6.42 Å². The number of thioether (sulfide) groups is 1. The smallest absolute Gasteiger partial charge is 0.172 e. The number of benzene rings is 3. The lowest BCUT2D eigenvalue weighted by atomic mass is 9.87. The summed E-state index contributed by atoms with van der Waals surface area (Å²) >= 11 is 1.63. The van der Waals surface area contributed by atoms with E-state index in [1.54, 1.807) is 17.8 Å². The molecule has 39 heavy (non-hydrogen) atoms. The van der Waals surface area contributed by atoms with Gasteiger partial charge in [0.05, 0.1) is 6.67 Å². The second-order valence-electron chi connectivity index (χ2n) is 10.3. The molecule has 0 N–H and O–H groups in total. The van der Waals surface area contributed by atoms with Crippen molar-refractivity contribution in [1.29, 1.82) is 0 Å². The van der Waals surface area contributed by atoms with Crippen molar-refractivity contribution in [3.63, 3.8) is 0 Å². The summed E-state index contributed by atoms with van der Waals surface area (Å²) in [7, 11) is 0. The molecule has 0 radical (unpaired) electrons. The van der Waals surface area contributed by atoms with Gasteiger partial charge in [0.15, 0.2) is 5.75 Å². The van der Waals surface area contributed by atoms with E-state index >= 15 is 0 Å². The van der Waals surface area contributed by atoms with Gasteiger partial charge in [-0.3, -0.25) is 14.2 Å². The number of hydrogen-bond donors (Lipinski definition) is 0. The first kappa shape index (κ1) is 27.5. The largest absolute Gasteiger partial charge is 0.489 e. The van der Waals surface area contributed by atoms with Crippen molar-refractivity contribution < 1.29 is 18.6 Å². The quantitative estimate of drug-likeness (QED) is 0.237. The Balaban J connectivity index is 1.49. The lowest BCUT2D eigenvalue weighted by Crippen LogP contribution is -2.26. The fraction of sp³-hybridized carbons (Fsp3) is 0.333. The molecule has 1 aliphatic heterocycles. The molecule has 6 heteroatoms. The van der Waals surface area contributed by atoms with Crippen LogP contribution >= 0.6 is 11.8 Å². The molecule has 1 aliphatic carbocycles. The van der Waals surface area contributed by atoms with E-state index in [-0.39, 0.29) is 18.5 Å². The van der Waals surface area contributed by atoms with Crippen molar-refractivity contribution >= 4 is 22.9 Å². The molecule has 5 rings (SSSR count). The van der Waals surface area contributed by atoms with Gasteiger partial charge in [0.25, 0.3) is 0 Å². The number of allylic oxidation sites excluding steroid dienone is 1. The zero-order valence-electron chi connectivity index (χ0n) is 22.4. The maximum Gasteiger partial charge on any atom is 0.172 e. The SMILES string of the molecule is C=CSc1ccc(C2=C(c3ccc(OC4CCN(CCCF)C4)cc3)c3ccc(OF)cc3CCC2)cc1C. The van der Waals surface area contributed by atoms with E-state index in [2.05, 4.69) is 53.7 Å². The standard InChI is InChI=1S/C33H35F2NO2S/c1-3-39-32-15-10-26(20-23(32)2)30-7-4-6-25-21-28(38-35)13-14-31(25)33(30)24-8-11-27(12-9-24)37-29-16-19-36(22-29)18-5-17-34/h3,8-15,20-21,29H,1,4-7,16-19,22H2,2H3. The zero-order chi connectivity index (χ0) is 27.2. The normalized spacial score (nSPS) is 17.6. The highest BCUT2D eigenvalue weighted by Gasteiger charge is 2.24. The minimum absolute atomic E-state index is 0.123. The van der Waals surface area contributed by atoms with Gasteiger partial charge in [0.1, 0.15) is 11.9 Å².